The summed E-state index contributed by atoms with van der Waals surface area (Å²) in [5.41, 5.74) is 1.13. The Balaban J connectivity index is 1.73. The van der Waals surface area contributed by atoms with Gasteiger partial charge in [0, 0.05) is 24.7 Å². The van der Waals surface area contributed by atoms with Gasteiger partial charge in [-0.25, -0.2) is 19.6 Å². The molecule has 1 aliphatic rings. The van der Waals surface area contributed by atoms with E-state index in [4.69, 9.17) is 4.74 Å². The van der Waals surface area contributed by atoms with Gasteiger partial charge in [-0.15, -0.1) is 11.3 Å². The van der Waals surface area contributed by atoms with E-state index in [1.54, 1.807) is 17.2 Å². The number of carbonyl (C=O) groups is 2. The zero-order chi connectivity index (χ0) is 29.3. The van der Waals surface area contributed by atoms with Crippen LogP contribution in [0.2, 0.25) is 0 Å². The minimum absolute atomic E-state index is 0.0825. The van der Waals surface area contributed by atoms with Crippen molar-refractivity contribution in [3.63, 3.8) is 0 Å². The van der Waals surface area contributed by atoms with Crippen LogP contribution >= 0.6 is 11.3 Å². The van der Waals surface area contributed by atoms with E-state index in [0.717, 1.165) is 43.2 Å². The normalized spacial score (nSPS) is 14.2. The van der Waals surface area contributed by atoms with Gasteiger partial charge in [-0.3, -0.25) is 20.5 Å². The summed E-state index contributed by atoms with van der Waals surface area (Å²) in [4.78, 5) is 43.6. The van der Waals surface area contributed by atoms with Crippen molar-refractivity contribution in [1.82, 2.24) is 19.8 Å². The molecular weight excluding hydrogens is 526 g/mol. The van der Waals surface area contributed by atoms with E-state index in [0.29, 0.717) is 17.3 Å². The summed E-state index contributed by atoms with van der Waals surface area (Å²) in [5, 5.41) is 8.25. The number of amides is 3. The second-order valence-corrected chi connectivity index (χ2v) is 11.9. The van der Waals surface area contributed by atoms with Crippen LogP contribution in [-0.2, 0) is 11.3 Å². The van der Waals surface area contributed by atoms with E-state index < -0.39 is 11.6 Å². The first-order valence-corrected chi connectivity index (χ1v) is 14.8. The zero-order valence-electron chi connectivity index (χ0n) is 24.7. The molecule has 2 aromatic rings. The molecular formula is C29H43N7O3S. The number of ether oxygens (including phenoxy) is 1. The number of likely N-dealkylation sites (N-methyl/N-ethyl adjacent to an activating group) is 1. The molecule has 3 rings (SSSR count). The summed E-state index contributed by atoms with van der Waals surface area (Å²) in [5.74, 6) is 1.05. The molecule has 218 valence electrons. The highest BCUT2D eigenvalue weighted by Gasteiger charge is 2.32. The summed E-state index contributed by atoms with van der Waals surface area (Å²) in [6, 6.07) is 4.86. The van der Waals surface area contributed by atoms with Crippen LogP contribution in [0.1, 0.15) is 65.6 Å². The van der Waals surface area contributed by atoms with E-state index in [9.17, 15) is 9.59 Å². The number of rotatable bonds is 11. The first-order valence-electron chi connectivity index (χ1n) is 13.9. The largest absolute Gasteiger partial charge is 0.444 e. The Hall–Kier alpha value is -3.31. The maximum Gasteiger partial charge on any atom is 0.410 e. The number of pyridine rings is 1. The van der Waals surface area contributed by atoms with Crippen molar-refractivity contribution in [3.05, 3.63) is 40.4 Å². The van der Waals surface area contributed by atoms with Crippen LogP contribution in [0.5, 0.6) is 0 Å². The Bertz CT molecular complexity index is 1200. The van der Waals surface area contributed by atoms with Gasteiger partial charge in [0.2, 0.25) is 0 Å². The number of anilines is 2. The fraction of sp³-hybridized carbons (Fsp3) is 0.552. The summed E-state index contributed by atoms with van der Waals surface area (Å²) in [6.45, 7) is 17.6. The number of aliphatic imine (C=N–C) groups is 1. The molecule has 0 saturated carbocycles. The van der Waals surface area contributed by atoms with Gasteiger partial charge < -0.3 is 9.64 Å². The SMILES string of the molecule is CCN(CC)CC(C(C)C)N(Cc1cccc(NC(=O)Nc2csc(C3=CC=NCC3)n2)n1)C(=O)OC(C)(C)C. The zero-order valence-corrected chi connectivity index (χ0v) is 25.5. The molecule has 0 aromatic carbocycles. The summed E-state index contributed by atoms with van der Waals surface area (Å²) >= 11 is 1.48. The Morgan fingerprint density at radius 2 is 1.82 bits per heavy atom. The Labute approximate surface area is 241 Å². The van der Waals surface area contributed by atoms with E-state index in [1.165, 1.54) is 11.3 Å². The molecule has 0 spiro atoms. The lowest BCUT2D eigenvalue weighted by atomic mass is 10.0. The van der Waals surface area contributed by atoms with Crippen molar-refractivity contribution in [2.45, 2.75) is 73.1 Å². The summed E-state index contributed by atoms with van der Waals surface area (Å²) < 4.78 is 5.80. The quantitative estimate of drug-likeness (QED) is 0.336. The van der Waals surface area contributed by atoms with Gasteiger partial charge in [-0.1, -0.05) is 33.8 Å². The number of nitrogens with one attached hydrogen (secondary N) is 2. The second kappa shape index (κ2) is 14.4. The predicted molar refractivity (Wildman–Crippen MR) is 163 cm³/mol. The predicted octanol–water partition coefficient (Wildman–Crippen LogP) is 6.14. The molecule has 0 radical (unpaired) electrons. The summed E-state index contributed by atoms with van der Waals surface area (Å²) in [7, 11) is 0. The molecule has 3 amide bonds. The minimum atomic E-state index is -0.627. The Kier molecular flexibility index (Phi) is 11.2. The number of aromatic nitrogens is 2. The highest BCUT2D eigenvalue weighted by Crippen LogP contribution is 2.26. The molecule has 1 atom stereocenters. The van der Waals surface area contributed by atoms with Crippen molar-refractivity contribution in [2.24, 2.45) is 10.9 Å². The van der Waals surface area contributed by atoms with Crippen LogP contribution in [0.15, 0.2) is 34.6 Å². The van der Waals surface area contributed by atoms with E-state index in [1.807, 2.05) is 44.4 Å². The number of nitrogens with zero attached hydrogens (tertiary/aromatic N) is 5. The van der Waals surface area contributed by atoms with Crippen molar-refractivity contribution in [1.29, 1.82) is 0 Å². The number of carbonyl (C=O) groups excluding carboxylic acids is 2. The molecule has 11 heteroatoms. The molecule has 40 heavy (non-hydrogen) atoms. The Morgan fingerprint density at radius 1 is 1.10 bits per heavy atom. The van der Waals surface area contributed by atoms with Gasteiger partial charge in [-0.2, -0.15) is 0 Å². The fourth-order valence-electron chi connectivity index (χ4n) is 4.27. The molecule has 0 saturated heterocycles. The number of thiazole rings is 1. The molecule has 1 unspecified atom stereocenters. The lowest BCUT2D eigenvalue weighted by Crippen LogP contribution is -2.50. The monoisotopic (exact) mass is 569 g/mol. The Morgan fingerprint density at radius 3 is 2.45 bits per heavy atom. The van der Waals surface area contributed by atoms with E-state index >= 15 is 0 Å². The number of hydrogen-bond donors (Lipinski definition) is 2. The van der Waals surface area contributed by atoms with E-state index in [-0.39, 0.29) is 24.6 Å². The van der Waals surface area contributed by atoms with Gasteiger partial charge >= 0.3 is 12.1 Å². The fourth-order valence-corrected chi connectivity index (χ4v) is 5.08. The topological polar surface area (TPSA) is 112 Å². The molecule has 0 aliphatic carbocycles. The summed E-state index contributed by atoms with van der Waals surface area (Å²) in [6.07, 6.45) is 4.19. The highest BCUT2D eigenvalue weighted by atomic mass is 32.1. The smallest absolute Gasteiger partial charge is 0.410 e. The van der Waals surface area contributed by atoms with Crippen LogP contribution in [0.4, 0.5) is 21.2 Å². The maximum atomic E-state index is 13.4. The third-order valence-electron chi connectivity index (χ3n) is 6.43. The number of urea groups is 1. The minimum Gasteiger partial charge on any atom is -0.444 e. The van der Waals surface area contributed by atoms with E-state index in [2.05, 4.69) is 58.2 Å². The first-order chi connectivity index (χ1) is 19.0. The average molecular weight is 570 g/mol. The number of allylic oxidation sites excluding steroid dienone is 1. The van der Waals surface area contributed by atoms with Crippen LogP contribution in [0.3, 0.4) is 0 Å². The van der Waals surface area contributed by atoms with Gasteiger partial charge in [0.15, 0.2) is 0 Å². The molecule has 2 aromatic heterocycles. The maximum absolute atomic E-state index is 13.4. The lowest BCUT2D eigenvalue weighted by Gasteiger charge is -2.38. The van der Waals surface area contributed by atoms with Gasteiger partial charge in [-0.05, 0) is 70.0 Å². The van der Waals surface area contributed by atoms with Gasteiger partial charge in [0.1, 0.15) is 22.2 Å². The van der Waals surface area contributed by atoms with Crippen molar-refractivity contribution < 1.29 is 14.3 Å². The molecule has 3 heterocycles. The van der Waals surface area contributed by atoms with Crippen molar-refractivity contribution >= 4 is 46.9 Å². The van der Waals surface area contributed by atoms with Gasteiger partial charge in [0.25, 0.3) is 0 Å². The molecule has 10 nitrogen and oxygen atoms in total. The van der Waals surface area contributed by atoms with Crippen molar-refractivity contribution in [3.8, 4) is 0 Å². The third-order valence-corrected chi connectivity index (χ3v) is 7.35. The van der Waals surface area contributed by atoms with Crippen molar-refractivity contribution in [2.75, 3.05) is 36.8 Å². The van der Waals surface area contributed by atoms with Crippen LogP contribution in [0.25, 0.3) is 5.57 Å². The van der Waals surface area contributed by atoms with Gasteiger partial charge in [0.05, 0.1) is 18.3 Å². The van der Waals surface area contributed by atoms with Crippen LogP contribution < -0.4 is 10.6 Å². The molecule has 0 bridgehead atoms. The second-order valence-electron chi connectivity index (χ2n) is 11.0. The number of hydrogen-bond acceptors (Lipinski definition) is 8. The molecule has 1 aliphatic heterocycles. The van der Waals surface area contributed by atoms with Crippen LogP contribution in [-0.4, -0.2) is 75.9 Å². The van der Waals surface area contributed by atoms with Crippen LogP contribution in [0, 0.1) is 5.92 Å². The lowest BCUT2D eigenvalue weighted by molar-refractivity contribution is 0.00354. The average Bonchev–Trinajstić information content (AvgIpc) is 3.36. The molecule has 0 fully saturated rings. The first kappa shape index (κ1) is 31.2. The third kappa shape index (κ3) is 9.41. The highest BCUT2D eigenvalue weighted by molar-refractivity contribution is 7.11. The standard InChI is InChI=1S/C29H43N7O3S/c1-8-35(9-2)18-23(20(3)4)36(28(38)39-29(5,6)7)17-22-11-10-12-24(31-22)33-27(37)34-25-19-40-26(32-25)21-13-15-30-16-14-21/h10-13,15,19-20,23H,8-9,14,16-18H2,1-7H3,(H2,31,33,34,37). The number of dihydropyridines is 1. The molecule has 2 N–H and O–H groups in total.